The number of amides is 1. The van der Waals surface area contributed by atoms with Gasteiger partial charge in [0.15, 0.2) is 0 Å². The van der Waals surface area contributed by atoms with Crippen molar-refractivity contribution in [1.29, 1.82) is 0 Å². The fourth-order valence-corrected chi connectivity index (χ4v) is 1.66. The summed E-state index contributed by atoms with van der Waals surface area (Å²) >= 11 is 0. The molecule has 1 aromatic heterocycles. The molecule has 0 bridgehead atoms. The summed E-state index contributed by atoms with van der Waals surface area (Å²) in [6.45, 7) is 0.618. The topological polar surface area (TPSA) is 77.1 Å². The van der Waals surface area contributed by atoms with Crippen LogP contribution >= 0.6 is 0 Å². The Morgan fingerprint density at radius 2 is 1.95 bits per heavy atom. The van der Waals surface area contributed by atoms with E-state index < -0.39 is 0 Å². The lowest BCUT2D eigenvalue weighted by Gasteiger charge is -2.08. The van der Waals surface area contributed by atoms with E-state index in [9.17, 15) is 9.59 Å². The van der Waals surface area contributed by atoms with Gasteiger partial charge in [-0.3, -0.25) is 9.59 Å². The summed E-state index contributed by atoms with van der Waals surface area (Å²) in [5, 5.41) is 2.80. The maximum absolute atomic E-state index is 11.7. The molecule has 0 saturated carbocycles. The van der Waals surface area contributed by atoms with Gasteiger partial charge in [-0.1, -0.05) is 30.3 Å². The quantitative estimate of drug-likeness (QED) is 0.848. The van der Waals surface area contributed by atoms with Crippen molar-refractivity contribution < 1.29 is 4.79 Å². The summed E-state index contributed by atoms with van der Waals surface area (Å²) in [5.74, 6) is -0.132. The highest BCUT2D eigenvalue weighted by atomic mass is 16.2. The summed E-state index contributed by atoms with van der Waals surface area (Å²) in [5.41, 5.74) is 6.44. The minimum Gasteiger partial charge on any atom is -0.394 e. The van der Waals surface area contributed by atoms with E-state index in [0.717, 1.165) is 5.56 Å². The maximum Gasteiger partial charge on any atom is 0.240 e. The Labute approximate surface area is 110 Å². The van der Waals surface area contributed by atoms with Gasteiger partial charge in [-0.25, -0.2) is 0 Å². The summed E-state index contributed by atoms with van der Waals surface area (Å²) in [6.07, 6.45) is 3.01. The standard InChI is InChI=1S/C14H15N3O2/c15-12-9-17(7-6-13(12)18)10-14(19)16-8-11-4-2-1-3-5-11/h1-7,9H,8,10,15H2,(H,16,19). The number of hydrogen-bond donors (Lipinski definition) is 2. The molecule has 5 heteroatoms. The van der Waals surface area contributed by atoms with Crippen molar-refractivity contribution in [3.8, 4) is 0 Å². The van der Waals surface area contributed by atoms with Gasteiger partial charge in [-0.2, -0.15) is 0 Å². The third-order valence-electron chi connectivity index (χ3n) is 2.67. The lowest BCUT2D eigenvalue weighted by atomic mass is 10.2. The van der Waals surface area contributed by atoms with E-state index in [1.807, 2.05) is 30.3 Å². The van der Waals surface area contributed by atoms with Gasteiger partial charge < -0.3 is 15.6 Å². The molecule has 0 aliphatic rings. The molecule has 5 nitrogen and oxygen atoms in total. The molecule has 19 heavy (non-hydrogen) atoms. The largest absolute Gasteiger partial charge is 0.394 e. The van der Waals surface area contributed by atoms with Crippen LogP contribution < -0.4 is 16.5 Å². The van der Waals surface area contributed by atoms with Crippen LogP contribution in [0.1, 0.15) is 5.56 Å². The van der Waals surface area contributed by atoms with Crippen LogP contribution in [0.15, 0.2) is 53.6 Å². The number of aromatic nitrogens is 1. The van der Waals surface area contributed by atoms with E-state index in [1.165, 1.54) is 12.3 Å². The molecule has 2 rings (SSSR count). The van der Waals surface area contributed by atoms with E-state index in [0.29, 0.717) is 6.54 Å². The number of nitrogens with two attached hydrogens (primary N) is 1. The number of carbonyl (C=O) groups excluding carboxylic acids is 1. The number of carbonyl (C=O) groups is 1. The van der Waals surface area contributed by atoms with Crippen molar-refractivity contribution in [2.45, 2.75) is 13.1 Å². The van der Waals surface area contributed by atoms with Crippen molar-refractivity contribution in [2.24, 2.45) is 0 Å². The first-order valence-corrected chi connectivity index (χ1v) is 5.91. The predicted octanol–water partition coefficient (Wildman–Crippen LogP) is 0.747. The van der Waals surface area contributed by atoms with E-state index >= 15 is 0 Å². The van der Waals surface area contributed by atoms with Gasteiger partial charge in [0.25, 0.3) is 0 Å². The van der Waals surface area contributed by atoms with Crippen molar-refractivity contribution in [3.63, 3.8) is 0 Å². The van der Waals surface area contributed by atoms with E-state index in [-0.39, 0.29) is 23.6 Å². The Morgan fingerprint density at radius 3 is 2.63 bits per heavy atom. The summed E-state index contributed by atoms with van der Waals surface area (Å²) in [6, 6.07) is 11.0. The van der Waals surface area contributed by atoms with Crippen LogP contribution in [-0.4, -0.2) is 10.5 Å². The molecule has 2 aromatic rings. The van der Waals surface area contributed by atoms with Crippen molar-refractivity contribution in [2.75, 3.05) is 5.73 Å². The average molecular weight is 257 g/mol. The molecule has 1 amide bonds. The molecule has 1 heterocycles. The minimum absolute atomic E-state index is 0.132. The van der Waals surface area contributed by atoms with Crippen LogP contribution in [0.2, 0.25) is 0 Å². The lowest BCUT2D eigenvalue weighted by Crippen LogP contribution is -2.27. The molecule has 0 aliphatic carbocycles. The zero-order chi connectivity index (χ0) is 13.7. The van der Waals surface area contributed by atoms with Crippen LogP contribution in [-0.2, 0) is 17.9 Å². The molecular weight excluding hydrogens is 242 g/mol. The van der Waals surface area contributed by atoms with Crippen LogP contribution in [0, 0.1) is 0 Å². The van der Waals surface area contributed by atoms with Crippen molar-refractivity contribution >= 4 is 11.6 Å². The molecule has 0 saturated heterocycles. The van der Waals surface area contributed by atoms with Gasteiger partial charge in [-0.15, -0.1) is 0 Å². The second kappa shape index (κ2) is 5.86. The molecule has 0 aliphatic heterocycles. The number of nitrogen functional groups attached to an aromatic ring is 1. The zero-order valence-electron chi connectivity index (χ0n) is 10.4. The Morgan fingerprint density at radius 1 is 1.21 bits per heavy atom. The van der Waals surface area contributed by atoms with Crippen molar-refractivity contribution in [1.82, 2.24) is 9.88 Å². The first-order valence-electron chi connectivity index (χ1n) is 5.91. The van der Waals surface area contributed by atoms with Gasteiger partial charge in [0.05, 0.1) is 5.69 Å². The van der Waals surface area contributed by atoms with Crippen LogP contribution in [0.3, 0.4) is 0 Å². The zero-order valence-corrected chi connectivity index (χ0v) is 10.4. The average Bonchev–Trinajstić information content (AvgIpc) is 2.42. The first-order chi connectivity index (χ1) is 9.15. The fourth-order valence-electron chi connectivity index (χ4n) is 1.66. The third-order valence-corrected chi connectivity index (χ3v) is 2.67. The van der Waals surface area contributed by atoms with Gasteiger partial charge in [0.2, 0.25) is 11.3 Å². The monoisotopic (exact) mass is 257 g/mol. The van der Waals surface area contributed by atoms with Gasteiger partial charge in [0.1, 0.15) is 6.54 Å². The smallest absolute Gasteiger partial charge is 0.240 e. The Kier molecular flexibility index (Phi) is 3.97. The summed E-state index contributed by atoms with van der Waals surface area (Å²) in [7, 11) is 0. The Balaban J connectivity index is 1.91. The highest BCUT2D eigenvalue weighted by molar-refractivity contribution is 5.75. The number of nitrogens with zero attached hydrogens (tertiary/aromatic N) is 1. The Hall–Kier alpha value is -2.56. The van der Waals surface area contributed by atoms with Gasteiger partial charge >= 0.3 is 0 Å². The predicted molar refractivity (Wildman–Crippen MR) is 73.4 cm³/mol. The molecule has 0 spiro atoms. The normalized spacial score (nSPS) is 10.1. The van der Waals surface area contributed by atoms with Crippen LogP contribution in [0.25, 0.3) is 0 Å². The highest BCUT2D eigenvalue weighted by Gasteiger charge is 2.03. The van der Waals surface area contributed by atoms with Gasteiger partial charge in [0, 0.05) is 25.0 Å². The number of hydrogen-bond acceptors (Lipinski definition) is 3. The molecule has 0 radical (unpaired) electrons. The van der Waals surface area contributed by atoms with Gasteiger partial charge in [-0.05, 0) is 5.56 Å². The SMILES string of the molecule is Nc1cn(CC(=O)NCc2ccccc2)ccc1=O. The number of pyridine rings is 1. The molecule has 0 unspecified atom stereocenters. The second-order valence-electron chi connectivity index (χ2n) is 4.20. The maximum atomic E-state index is 11.7. The Bertz CT molecular complexity index is 620. The molecule has 1 aromatic carbocycles. The van der Waals surface area contributed by atoms with E-state index in [2.05, 4.69) is 5.32 Å². The van der Waals surface area contributed by atoms with Crippen molar-refractivity contribution in [3.05, 3.63) is 64.6 Å². The third kappa shape index (κ3) is 3.70. The number of rotatable bonds is 4. The summed E-state index contributed by atoms with van der Waals surface area (Å²) in [4.78, 5) is 22.9. The van der Waals surface area contributed by atoms with Crippen LogP contribution in [0.5, 0.6) is 0 Å². The molecule has 0 fully saturated rings. The fraction of sp³-hybridized carbons (Fsp3) is 0.143. The number of nitrogens with one attached hydrogen (secondary N) is 1. The molecular formula is C14H15N3O2. The highest BCUT2D eigenvalue weighted by Crippen LogP contribution is 1.98. The number of benzene rings is 1. The lowest BCUT2D eigenvalue weighted by molar-refractivity contribution is -0.121. The molecule has 3 N–H and O–H groups in total. The summed E-state index contributed by atoms with van der Waals surface area (Å²) < 4.78 is 1.58. The molecule has 98 valence electrons. The van der Waals surface area contributed by atoms with E-state index in [4.69, 9.17) is 5.73 Å². The van der Waals surface area contributed by atoms with E-state index in [1.54, 1.807) is 10.8 Å². The first kappa shape index (κ1) is 12.9. The minimum atomic E-state index is -0.235. The number of anilines is 1. The second-order valence-corrected chi connectivity index (χ2v) is 4.20. The van der Waals surface area contributed by atoms with Crippen LogP contribution in [0.4, 0.5) is 5.69 Å². The molecule has 0 atom stereocenters.